The quantitative estimate of drug-likeness (QED) is 0.165. The van der Waals surface area contributed by atoms with Crippen LogP contribution in [0.1, 0.15) is 34.1 Å². The number of hydrogen-bond acceptors (Lipinski definition) is 8. The molecule has 0 aliphatic carbocycles. The maximum Gasteiger partial charge on any atom is 0.260 e. The smallest absolute Gasteiger partial charge is 0.260 e. The maximum atomic E-state index is 13.1. The fourth-order valence-electron chi connectivity index (χ4n) is 3.61. The first-order valence-electron chi connectivity index (χ1n) is 12.3. The third-order valence-corrected chi connectivity index (χ3v) is 7.91. The van der Waals surface area contributed by atoms with E-state index in [1.165, 1.54) is 30.2 Å². The van der Waals surface area contributed by atoms with Gasteiger partial charge in [-0.15, -0.1) is 11.3 Å². The first-order chi connectivity index (χ1) is 19.4. The minimum Gasteiger partial charge on any atom is -0.497 e. The number of fused-ring (bicyclic) bond motifs is 1. The van der Waals surface area contributed by atoms with Crippen LogP contribution in [0.15, 0.2) is 77.1 Å². The zero-order valence-corrected chi connectivity index (χ0v) is 23.4. The van der Waals surface area contributed by atoms with Gasteiger partial charge in [0, 0.05) is 5.56 Å². The van der Waals surface area contributed by atoms with Gasteiger partial charge in [0.25, 0.3) is 17.7 Å². The third-order valence-electron chi connectivity index (χ3n) is 5.73. The summed E-state index contributed by atoms with van der Waals surface area (Å²) in [5, 5.41) is 5.40. The molecule has 206 valence electrons. The highest BCUT2D eigenvalue weighted by Gasteiger charge is 2.22. The summed E-state index contributed by atoms with van der Waals surface area (Å²) in [5.74, 6) is -1.27. The Bertz CT molecular complexity index is 1490. The lowest BCUT2D eigenvalue weighted by atomic mass is 10.1. The number of rotatable bonds is 10. The summed E-state index contributed by atoms with van der Waals surface area (Å²) in [6.45, 7) is 1.73. The van der Waals surface area contributed by atoms with Gasteiger partial charge < -0.3 is 15.4 Å². The highest BCUT2D eigenvalue weighted by atomic mass is 32.2. The highest BCUT2D eigenvalue weighted by Crippen LogP contribution is 2.29. The van der Waals surface area contributed by atoms with Crippen LogP contribution >= 0.6 is 23.1 Å². The zero-order valence-electron chi connectivity index (χ0n) is 21.7. The molecule has 4 N–H and O–H groups in total. The first kappa shape index (κ1) is 28.6. The number of carbonyl (C=O) groups excluding carboxylic acids is 4. The van der Waals surface area contributed by atoms with E-state index in [0.717, 1.165) is 14.6 Å². The van der Waals surface area contributed by atoms with Crippen molar-refractivity contribution >= 4 is 62.6 Å². The summed E-state index contributed by atoms with van der Waals surface area (Å²) >= 11 is 2.76. The molecule has 0 aliphatic rings. The normalized spacial score (nSPS) is 11.3. The number of para-hydroxylation sites is 2. The summed E-state index contributed by atoms with van der Waals surface area (Å²) in [5.41, 5.74) is 6.48. The van der Waals surface area contributed by atoms with Crippen molar-refractivity contribution in [3.8, 4) is 5.75 Å². The van der Waals surface area contributed by atoms with E-state index in [2.05, 4.69) is 26.5 Å². The molecule has 1 atom stereocenters. The van der Waals surface area contributed by atoms with Crippen molar-refractivity contribution in [3.05, 3.63) is 83.9 Å². The maximum absolute atomic E-state index is 13.1. The molecule has 0 saturated carbocycles. The minimum absolute atomic E-state index is 0.0600. The number of hydrazine groups is 1. The second kappa shape index (κ2) is 13.6. The Morgan fingerprint density at radius 3 is 2.38 bits per heavy atom. The average molecular weight is 578 g/mol. The van der Waals surface area contributed by atoms with E-state index < -0.39 is 29.7 Å². The average Bonchev–Trinajstić information content (AvgIpc) is 3.41. The number of benzene rings is 3. The van der Waals surface area contributed by atoms with Crippen LogP contribution in [-0.4, -0.2) is 47.5 Å². The van der Waals surface area contributed by atoms with E-state index in [9.17, 15) is 19.2 Å². The molecule has 1 aromatic heterocycles. The molecule has 0 saturated heterocycles. The van der Waals surface area contributed by atoms with Gasteiger partial charge in [0.05, 0.1) is 34.3 Å². The summed E-state index contributed by atoms with van der Waals surface area (Å²) in [4.78, 5) is 55.2. The van der Waals surface area contributed by atoms with E-state index in [1.54, 1.807) is 55.5 Å². The molecule has 1 heterocycles. The third kappa shape index (κ3) is 7.36. The largest absolute Gasteiger partial charge is 0.497 e. The number of ether oxygens (including phenoxy) is 1. The Hall–Kier alpha value is -4.42. The molecule has 40 heavy (non-hydrogen) atoms. The molecule has 0 fully saturated rings. The lowest BCUT2D eigenvalue weighted by Crippen LogP contribution is -2.52. The number of thiazole rings is 1. The van der Waals surface area contributed by atoms with Crippen molar-refractivity contribution in [1.29, 1.82) is 0 Å². The molecular formula is C28H27N5O5S2. The number of amides is 4. The van der Waals surface area contributed by atoms with Gasteiger partial charge >= 0.3 is 0 Å². The van der Waals surface area contributed by atoms with Gasteiger partial charge in [-0.1, -0.05) is 43.0 Å². The first-order valence-corrected chi connectivity index (χ1v) is 14.1. The summed E-state index contributed by atoms with van der Waals surface area (Å²) in [6, 6.07) is 19.8. The second-order valence-electron chi connectivity index (χ2n) is 8.44. The van der Waals surface area contributed by atoms with Gasteiger partial charge in [0.2, 0.25) is 5.91 Å². The van der Waals surface area contributed by atoms with Crippen LogP contribution < -0.4 is 26.2 Å². The number of carbonyl (C=O) groups is 4. The van der Waals surface area contributed by atoms with E-state index in [4.69, 9.17) is 4.74 Å². The standard InChI is InChI=1S/C28H27N5O5S2/c1-3-20(27(37)33-32-24(34)16-39-28-31-22-10-6-7-11-23(22)40-28)29-26(36)19-8-4-5-9-21(19)30-25(35)17-12-14-18(38-2)15-13-17/h4-15,20H,3,16H2,1-2H3,(H,29,36)(H,30,35)(H,32,34)(H,33,37). The fraction of sp³-hybridized carbons (Fsp3) is 0.179. The monoisotopic (exact) mass is 577 g/mol. The predicted octanol–water partition coefficient (Wildman–Crippen LogP) is 4.01. The molecule has 4 rings (SSSR count). The molecule has 3 aromatic carbocycles. The van der Waals surface area contributed by atoms with E-state index in [1.807, 2.05) is 24.3 Å². The van der Waals surface area contributed by atoms with E-state index >= 15 is 0 Å². The van der Waals surface area contributed by atoms with Crippen molar-refractivity contribution < 1.29 is 23.9 Å². The predicted molar refractivity (Wildman–Crippen MR) is 156 cm³/mol. The summed E-state index contributed by atoms with van der Waals surface area (Å²) < 4.78 is 6.89. The highest BCUT2D eigenvalue weighted by molar-refractivity contribution is 8.01. The fourth-order valence-corrected chi connectivity index (χ4v) is 5.48. The van der Waals surface area contributed by atoms with Gasteiger partial charge in [0.15, 0.2) is 4.34 Å². The summed E-state index contributed by atoms with van der Waals surface area (Å²) in [7, 11) is 1.53. The van der Waals surface area contributed by atoms with E-state index in [0.29, 0.717) is 11.3 Å². The Morgan fingerprint density at radius 1 is 0.925 bits per heavy atom. The Kier molecular flexibility index (Phi) is 9.71. The van der Waals surface area contributed by atoms with Gasteiger partial charge in [-0.2, -0.15) is 0 Å². The minimum atomic E-state index is -0.921. The number of thioether (sulfide) groups is 1. The molecule has 0 spiro atoms. The zero-order chi connectivity index (χ0) is 28.5. The van der Waals surface area contributed by atoms with Crippen molar-refractivity contribution in [3.63, 3.8) is 0 Å². The number of hydrogen-bond donors (Lipinski definition) is 4. The van der Waals surface area contributed by atoms with Crippen LogP contribution in [0.2, 0.25) is 0 Å². The van der Waals surface area contributed by atoms with Crippen LogP contribution in [0.5, 0.6) is 5.75 Å². The molecule has 4 amide bonds. The van der Waals surface area contributed by atoms with Gasteiger partial charge in [-0.25, -0.2) is 4.98 Å². The molecular weight excluding hydrogens is 550 g/mol. The Labute approximate surface area is 238 Å². The van der Waals surface area contributed by atoms with Gasteiger partial charge in [-0.05, 0) is 55.0 Å². The van der Waals surface area contributed by atoms with Crippen LogP contribution in [0.4, 0.5) is 5.69 Å². The molecule has 12 heteroatoms. The van der Waals surface area contributed by atoms with Crippen molar-refractivity contribution in [1.82, 2.24) is 21.2 Å². The summed E-state index contributed by atoms with van der Waals surface area (Å²) in [6.07, 6.45) is 0.272. The SMILES string of the molecule is CCC(NC(=O)c1ccccc1NC(=O)c1ccc(OC)cc1)C(=O)NNC(=O)CSc1nc2ccccc2s1. The van der Waals surface area contributed by atoms with E-state index in [-0.39, 0.29) is 23.4 Å². The molecule has 10 nitrogen and oxygen atoms in total. The van der Waals surface area contributed by atoms with Crippen molar-refractivity contribution in [2.75, 3.05) is 18.2 Å². The Balaban J connectivity index is 1.30. The molecule has 1 unspecified atom stereocenters. The molecule has 0 radical (unpaired) electrons. The lowest BCUT2D eigenvalue weighted by molar-refractivity contribution is -0.128. The van der Waals surface area contributed by atoms with Crippen LogP contribution in [0, 0.1) is 0 Å². The van der Waals surface area contributed by atoms with Crippen molar-refractivity contribution in [2.45, 2.75) is 23.7 Å². The Morgan fingerprint density at radius 2 is 1.65 bits per heavy atom. The second-order valence-corrected chi connectivity index (χ2v) is 10.7. The molecule has 0 bridgehead atoms. The van der Waals surface area contributed by atoms with Crippen LogP contribution in [-0.2, 0) is 9.59 Å². The number of nitrogens with one attached hydrogen (secondary N) is 4. The van der Waals surface area contributed by atoms with Gasteiger partial charge in [-0.3, -0.25) is 30.0 Å². The molecule has 4 aromatic rings. The number of nitrogens with zero attached hydrogens (tertiary/aromatic N) is 1. The van der Waals surface area contributed by atoms with Crippen LogP contribution in [0.25, 0.3) is 10.2 Å². The van der Waals surface area contributed by atoms with Crippen LogP contribution in [0.3, 0.4) is 0 Å². The number of methoxy groups -OCH3 is 1. The number of anilines is 1. The molecule has 0 aliphatic heterocycles. The topological polar surface area (TPSA) is 139 Å². The van der Waals surface area contributed by atoms with Crippen molar-refractivity contribution in [2.24, 2.45) is 0 Å². The van der Waals surface area contributed by atoms with Gasteiger partial charge in [0.1, 0.15) is 11.8 Å². The number of aromatic nitrogens is 1. The lowest BCUT2D eigenvalue weighted by Gasteiger charge is -2.18.